The summed E-state index contributed by atoms with van der Waals surface area (Å²) in [5, 5.41) is 5.03. The Morgan fingerprint density at radius 2 is 1.76 bits per heavy atom. The largest absolute Gasteiger partial charge is 0.314 e. The first-order chi connectivity index (χ1) is 8.04. The van der Waals surface area contributed by atoms with Crippen molar-refractivity contribution in [2.24, 2.45) is 5.92 Å². The third-order valence-electron chi connectivity index (χ3n) is 2.95. The molecule has 0 amide bonds. The van der Waals surface area contributed by atoms with E-state index in [-0.39, 0.29) is 0 Å². The van der Waals surface area contributed by atoms with Crippen molar-refractivity contribution >= 4 is 23.2 Å². The number of rotatable bonds is 6. The van der Waals surface area contributed by atoms with E-state index < -0.39 is 0 Å². The second kappa shape index (κ2) is 7.25. The Morgan fingerprint density at radius 3 is 2.24 bits per heavy atom. The van der Waals surface area contributed by atoms with Gasteiger partial charge in [-0.15, -0.1) is 0 Å². The van der Waals surface area contributed by atoms with E-state index in [1.165, 1.54) is 0 Å². The highest BCUT2D eigenvalue weighted by molar-refractivity contribution is 6.35. The maximum absolute atomic E-state index is 6.19. The van der Waals surface area contributed by atoms with Crippen LogP contribution in [-0.2, 0) is 6.42 Å². The Hall–Kier alpha value is -0.240. The molecule has 0 aromatic heterocycles. The van der Waals surface area contributed by atoms with E-state index in [1.807, 2.05) is 18.2 Å². The third-order valence-corrected chi connectivity index (χ3v) is 3.65. The molecule has 1 unspecified atom stereocenters. The van der Waals surface area contributed by atoms with Gasteiger partial charge >= 0.3 is 0 Å². The molecule has 0 bridgehead atoms. The minimum Gasteiger partial charge on any atom is -0.314 e. The number of hydrogen-bond acceptors (Lipinski definition) is 1. The van der Waals surface area contributed by atoms with Crippen LogP contribution in [0, 0.1) is 5.92 Å². The van der Waals surface area contributed by atoms with Crippen LogP contribution in [0.3, 0.4) is 0 Å². The zero-order chi connectivity index (χ0) is 12.8. The molecule has 0 saturated carbocycles. The van der Waals surface area contributed by atoms with Crippen molar-refractivity contribution in [3.8, 4) is 0 Å². The van der Waals surface area contributed by atoms with Crippen LogP contribution in [0.2, 0.25) is 10.0 Å². The van der Waals surface area contributed by atoms with Crippen LogP contribution in [0.15, 0.2) is 18.2 Å². The number of halogens is 2. The van der Waals surface area contributed by atoms with Crippen LogP contribution in [0.25, 0.3) is 0 Å². The quantitative estimate of drug-likeness (QED) is 0.801. The Balaban J connectivity index is 2.67. The van der Waals surface area contributed by atoms with E-state index in [0.717, 1.165) is 35.0 Å². The molecule has 0 aliphatic heterocycles. The van der Waals surface area contributed by atoms with E-state index in [9.17, 15) is 0 Å². The Bertz CT molecular complexity index is 330. The van der Waals surface area contributed by atoms with E-state index in [1.54, 1.807) is 0 Å². The fraction of sp³-hybridized carbons (Fsp3) is 0.571. The van der Waals surface area contributed by atoms with E-state index in [2.05, 4.69) is 26.1 Å². The number of hydrogen-bond donors (Lipinski definition) is 1. The van der Waals surface area contributed by atoms with Crippen molar-refractivity contribution < 1.29 is 0 Å². The van der Waals surface area contributed by atoms with Gasteiger partial charge in [-0.2, -0.15) is 0 Å². The molecule has 0 radical (unpaired) electrons. The minimum absolute atomic E-state index is 0.519. The van der Waals surface area contributed by atoms with Crippen molar-refractivity contribution in [1.82, 2.24) is 5.32 Å². The first-order valence-corrected chi connectivity index (χ1v) is 6.96. The van der Waals surface area contributed by atoms with Crippen LogP contribution >= 0.6 is 23.2 Å². The molecule has 1 nitrogen and oxygen atoms in total. The smallest absolute Gasteiger partial charge is 0.0452 e. The molecule has 1 atom stereocenters. The van der Waals surface area contributed by atoms with Crippen LogP contribution in [0.4, 0.5) is 0 Å². The average molecular weight is 274 g/mol. The van der Waals surface area contributed by atoms with E-state index in [0.29, 0.717) is 12.0 Å². The molecule has 1 aromatic rings. The molecule has 0 aliphatic rings. The molecule has 96 valence electrons. The molecule has 3 heteroatoms. The predicted molar refractivity (Wildman–Crippen MR) is 77.1 cm³/mol. The molecule has 17 heavy (non-hydrogen) atoms. The summed E-state index contributed by atoms with van der Waals surface area (Å²) in [6, 6.07) is 6.23. The van der Waals surface area contributed by atoms with Gasteiger partial charge in [-0.25, -0.2) is 0 Å². The zero-order valence-electron chi connectivity index (χ0n) is 10.8. The van der Waals surface area contributed by atoms with Crippen LogP contribution in [0.1, 0.15) is 32.8 Å². The first kappa shape index (κ1) is 14.8. The maximum Gasteiger partial charge on any atom is 0.0452 e. The predicted octanol–water partition coefficient (Wildman–Crippen LogP) is 4.56. The molecule has 0 fully saturated rings. The van der Waals surface area contributed by atoms with Gasteiger partial charge < -0.3 is 5.32 Å². The lowest BCUT2D eigenvalue weighted by atomic mass is 9.96. The lowest BCUT2D eigenvalue weighted by Gasteiger charge is -2.19. The molecule has 1 aromatic carbocycles. The molecule has 1 N–H and O–H groups in total. The van der Waals surface area contributed by atoms with Crippen molar-refractivity contribution in [2.75, 3.05) is 6.54 Å². The molecular formula is C14H21Cl2N. The van der Waals surface area contributed by atoms with Crippen molar-refractivity contribution in [3.63, 3.8) is 0 Å². The molecule has 0 spiro atoms. The summed E-state index contributed by atoms with van der Waals surface area (Å²) in [5.41, 5.74) is 1.08. The van der Waals surface area contributed by atoms with Crippen LogP contribution in [-0.4, -0.2) is 12.6 Å². The maximum atomic E-state index is 6.19. The van der Waals surface area contributed by atoms with Crippen molar-refractivity contribution in [3.05, 3.63) is 33.8 Å². The number of benzene rings is 1. The highest BCUT2D eigenvalue weighted by atomic mass is 35.5. The summed E-state index contributed by atoms with van der Waals surface area (Å²) >= 11 is 12.4. The molecule has 0 saturated heterocycles. The molecule has 0 aliphatic carbocycles. The van der Waals surface area contributed by atoms with Gasteiger partial charge in [0.25, 0.3) is 0 Å². The van der Waals surface area contributed by atoms with Gasteiger partial charge in [-0.1, -0.05) is 56.5 Å². The SMILES string of the molecule is CCC(CNC(C)C)Cc1c(Cl)cccc1Cl. The normalized spacial score (nSPS) is 13.1. The summed E-state index contributed by atoms with van der Waals surface area (Å²) in [7, 11) is 0. The minimum atomic E-state index is 0.519. The molecule has 1 rings (SSSR count). The highest BCUT2D eigenvalue weighted by Crippen LogP contribution is 2.27. The van der Waals surface area contributed by atoms with E-state index >= 15 is 0 Å². The summed E-state index contributed by atoms with van der Waals surface area (Å²) in [6.07, 6.45) is 2.07. The summed E-state index contributed by atoms with van der Waals surface area (Å²) in [5.74, 6) is 0.579. The van der Waals surface area contributed by atoms with Gasteiger partial charge in [-0.05, 0) is 36.6 Å². The van der Waals surface area contributed by atoms with E-state index in [4.69, 9.17) is 23.2 Å². The fourth-order valence-electron chi connectivity index (χ4n) is 1.78. The summed E-state index contributed by atoms with van der Waals surface area (Å²) in [6.45, 7) is 7.54. The van der Waals surface area contributed by atoms with Crippen LogP contribution in [0.5, 0.6) is 0 Å². The van der Waals surface area contributed by atoms with Gasteiger partial charge in [0.05, 0.1) is 0 Å². The van der Waals surface area contributed by atoms with Gasteiger partial charge in [-0.3, -0.25) is 0 Å². The van der Waals surface area contributed by atoms with Crippen LogP contribution < -0.4 is 5.32 Å². The Kier molecular flexibility index (Phi) is 6.32. The van der Waals surface area contributed by atoms with Gasteiger partial charge in [0.2, 0.25) is 0 Å². The van der Waals surface area contributed by atoms with Gasteiger partial charge in [0.15, 0.2) is 0 Å². The Morgan fingerprint density at radius 1 is 1.18 bits per heavy atom. The topological polar surface area (TPSA) is 12.0 Å². The van der Waals surface area contributed by atoms with Crippen molar-refractivity contribution in [2.45, 2.75) is 39.7 Å². The zero-order valence-corrected chi connectivity index (χ0v) is 12.3. The van der Waals surface area contributed by atoms with Gasteiger partial charge in [0.1, 0.15) is 0 Å². The van der Waals surface area contributed by atoms with Crippen molar-refractivity contribution in [1.29, 1.82) is 0 Å². The molecular weight excluding hydrogens is 253 g/mol. The average Bonchev–Trinajstić information content (AvgIpc) is 2.27. The summed E-state index contributed by atoms with van der Waals surface area (Å²) in [4.78, 5) is 0. The monoisotopic (exact) mass is 273 g/mol. The standard InChI is InChI=1S/C14H21Cl2N/c1-4-11(9-17-10(2)3)8-12-13(15)6-5-7-14(12)16/h5-7,10-11,17H,4,8-9H2,1-3H3. The lowest BCUT2D eigenvalue weighted by Crippen LogP contribution is -2.29. The molecule has 0 heterocycles. The first-order valence-electron chi connectivity index (χ1n) is 6.20. The lowest BCUT2D eigenvalue weighted by molar-refractivity contribution is 0.436. The summed E-state index contributed by atoms with van der Waals surface area (Å²) < 4.78 is 0. The fourth-order valence-corrected chi connectivity index (χ4v) is 2.33. The second-order valence-corrected chi connectivity index (χ2v) is 5.56. The third kappa shape index (κ3) is 4.87. The second-order valence-electron chi connectivity index (χ2n) is 4.74. The number of nitrogens with one attached hydrogen (secondary N) is 1. The highest BCUT2D eigenvalue weighted by Gasteiger charge is 2.12. The Labute approximate surface area is 115 Å². The van der Waals surface area contributed by atoms with Gasteiger partial charge in [0, 0.05) is 16.1 Å².